The number of carbonyl (C=O) groups excluding carboxylic acids is 6. The topological polar surface area (TPSA) is 306 Å². The molecule has 5 aromatic carbocycles. The number of urea groups is 1. The number of aliphatic imine (C=N–C) groups is 1. The number of nitrogens with two attached hydrogens (primary N) is 2. The van der Waals surface area contributed by atoms with Gasteiger partial charge in [-0.2, -0.15) is 4.31 Å². The third-order valence-electron chi connectivity index (χ3n) is 15.6. The van der Waals surface area contributed by atoms with Crippen LogP contribution in [-0.4, -0.2) is 129 Å². The average molecular weight is 1210 g/mol. The van der Waals surface area contributed by atoms with E-state index < -0.39 is 58.1 Å². The molecular formula is C65H80N10O11S. The van der Waals surface area contributed by atoms with Crippen LogP contribution in [0, 0.1) is 11.8 Å². The number of nitrogens with zero attached hydrogens (tertiary/aromatic N) is 3. The average Bonchev–Trinajstić information content (AvgIpc) is 1.84. The number of primary amides is 1. The highest BCUT2D eigenvalue weighted by Crippen LogP contribution is 2.45. The van der Waals surface area contributed by atoms with Gasteiger partial charge in [-0.15, -0.1) is 0 Å². The van der Waals surface area contributed by atoms with Crippen molar-refractivity contribution in [3.8, 4) is 22.3 Å². The summed E-state index contributed by atoms with van der Waals surface area (Å²) in [5, 5.41) is 23.1. The van der Waals surface area contributed by atoms with Gasteiger partial charge in [0.15, 0.2) is 0 Å². The summed E-state index contributed by atoms with van der Waals surface area (Å²) in [4.78, 5) is 86.2. The van der Waals surface area contributed by atoms with E-state index in [9.17, 15) is 42.3 Å². The molecule has 2 atom stereocenters. The molecule has 2 aliphatic heterocycles. The summed E-state index contributed by atoms with van der Waals surface area (Å²) in [6.07, 6.45) is 4.29. The van der Waals surface area contributed by atoms with Crippen LogP contribution in [0.15, 0.2) is 125 Å². The molecule has 1 aliphatic carbocycles. The third-order valence-corrected chi connectivity index (χ3v) is 17.5. The van der Waals surface area contributed by atoms with Crippen LogP contribution in [0.3, 0.4) is 0 Å². The van der Waals surface area contributed by atoms with Crippen molar-refractivity contribution in [3.05, 3.63) is 143 Å². The number of hydrogen-bond acceptors (Lipinski definition) is 13. The van der Waals surface area contributed by atoms with Gasteiger partial charge in [0.25, 0.3) is 0 Å². The third kappa shape index (κ3) is 16.7. The maximum absolute atomic E-state index is 14.0. The largest absolute Gasteiger partial charge is 0.449 e. The van der Waals surface area contributed by atoms with Crippen molar-refractivity contribution in [1.82, 2.24) is 30.5 Å². The van der Waals surface area contributed by atoms with E-state index in [0.717, 1.165) is 46.2 Å². The predicted octanol–water partition coefficient (Wildman–Crippen LogP) is 8.08. The van der Waals surface area contributed by atoms with Crippen LogP contribution in [0.1, 0.15) is 106 Å². The lowest BCUT2D eigenvalue weighted by molar-refractivity contribution is -0.128. The fourth-order valence-corrected chi connectivity index (χ4v) is 12.7. The molecular weight excluding hydrogens is 1130 g/mol. The van der Waals surface area contributed by atoms with Crippen LogP contribution in [0.2, 0.25) is 0 Å². The van der Waals surface area contributed by atoms with Gasteiger partial charge in [0.05, 0.1) is 10.6 Å². The number of aliphatic hydroxyl groups is 1. The number of anilines is 1. The summed E-state index contributed by atoms with van der Waals surface area (Å²) >= 11 is 0. The van der Waals surface area contributed by atoms with Gasteiger partial charge in [-0.05, 0) is 132 Å². The molecule has 0 bridgehead atoms. The minimum Gasteiger partial charge on any atom is -0.449 e. The first-order valence-corrected chi connectivity index (χ1v) is 31.3. The molecule has 7 amide bonds. The second-order valence-corrected chi connectivity index (χ2v) is 24.5. The normalized spacial score (nSPS) is 14.6. The van der Waals surface area contributed by atoms with Crippen LogP contribution in [0.4, 0.5) is 25.8 Å². The number of amidine groups is 1. The number of aryl methyl sites for hydroxylation is 1. The Kier molecular flexibility index (Phi) is 22.3. The molecule has 0 spiro atoms. The van der Waals surface area contributed by atoms with E-state index in [1.807, 2.05) is 91.6 Å². The number of nitrogens with one attached hydrogen (secondary N) is 5. The Morgan fingerprint density at radius 3 is 2.10 bits per heavy atom. The molecule has 1 saturated heterocycles. The van der Waals surface area contributed by atoms with Crippen molar-refractivity contribution in [1.29, 1.82) is 0 Å². The second kappa shape index (κ2) is 30.2. The molecule has 0 saturated carbocycles. The Morgan fingerprint density at radius 1 is 0.770 bits per heavy atom. The van der Waals surface area contributed by atoms with E-state index in [1.54, 1.807) is 56.3 Å². The summed E-state index contributed by atoms with van der Waals surface area (Å²) in [7, 11) is -3.80. The number of unbranched alkanes of at least 4 members (excludes halogenated alkanes) is 1. The van der Waals surface area contributed by atoms with Gasteiger partial charge in [-0.3, -0.25) is 14.4 Å². The molecule has 1 fully saturated rings. The van der Waals surface area contributed by atoms with Crippen LogP contribution < -0.4 is 38.1 Å². The fraction of sp³-hybridized carbons (Fsp3) is 0.400. The molecule has 2 heterocycles. The SMILES string of the molecule is CCCN(CCC)C(=O)C1=Cc2c(CCCCNC(=O)OCc3ccc(NC(=O)[C@H](CCCNC(N)=O)NC(=O)[C@@H](NC(=O)OCC4c5ccccc5-c5ccccc54)C(C)C)cc3)cc(-c3cccc(S(=O)(=O)N4CC(CO)C4)c3)cc2N=C(N)C1. The summed E-state index contributed by atoms with van der Waals surface area (Å²) in [6.45, 7) is 9.60. The standard InChI is InChI=1S/C65H80N10O11S/c1-5-29-74(30-6-2)62(79)47-33-54-45(31-46(34-57(54)71-58(66)35-47)44-16-13-17-49(32-44)87(83,84)75-36-43(37-75)38-76)15-11-12-27-69-64(81)85-39-42-23-25-48(26-24-42)70-60(77)56(22-14-28-68-63(67)80)72-61(78)59(41(3)4)73-65(82)86-40-55-52-20-9-7-18-50(52)51-19-8-10-21-53(51)55/h7-10,13,16-21,23-26,31-34,41,43,55-56,59,76H,5-6,11-12,14-15,22,27-30,35-40H2,1-4H3,(H2,66,71)(H,69,81)(H,70,77)(H,72,78)(H,73,82)(H3,67,68,80)/t56-,59-/m0/s1. The number of ether oxygens (including phenoxy) is 2. The molecule has 8 rings (SSSR count). The lowest BCUT2D eigenvalue weighted by Crippen LogP contribution is -2.54. The van der Waals surface area contributed by atoms with Crippen molar-refractivity contribution in [2.45, 2.75) is 109 Å². The highest BCUT2D eigenvalue weighted by molar-refractivity contribution is 7.89. The van der Waals surface area contributed by atoms with Gasteiger partial charge in [-0.1, -0.05) is 107 Å². The van der Waals surface area contributed by atoms with Gasteiger partial charge in [0, 0.05) is 81.0 Å². The molecule has 10 N–H and O–H groups in total. The Bertz CT molecular complexity index is 3420. The summed E-state index contributed by atoms with van der Waals surface area (Å²) in [6, 6.07) is 30.2. The molecule has 87 heavy (non-hydrogen) atoms. The monoisotopic (exact) mass is 1210 g/mol. The molecule has 5 aromatic rings. The number of alkyl carbamates (subject to hydrolysis) is 2. The van der Waals surface area contributed by atoms with E-state index in [1.165, 1.54) is 4.31 Å². The lowest BCUT2D eigenvalue weighted by atomic mass is 9.93. The molecule has 0 radical (unpaired) electrons. The predicted molar refractivity (Wildman–Crippen MR) is 334 cm³/mol. The van der Waals surface area contributed by atoms with E-state index >= 15 is 0 Å². The van der Waals surface area contributed by atoms with Crippen molar-refractivity contribution in [2.24, 2.45) is 28.3 Å². The second-order valence-electron chi connectivity index (χ2n) is 22.5. The van der Waals surface area contributed by atoms with Crippen molar-refractivity contribution in [2.75, 3.05) is 57.8 Å². The first-order chi connectivity index (χ1) is 41.9. The molecule has 21 nitrogen and oxygen atoms in total. The van der Waals surface area contributed by atoms with Crippen molar-refractivity contribution < 1.29 is 51.8 Å². The number of rotatable bonds is 28. The van der Waals surface area contributed by atoms with Gasteiger partial charge in [0.2, 0.25) is 27.7 Å². The highest BCUT2D eigenvalue weighted by Gasteiger charge is 2.37. The number of carbonyl (C=O) groups is 6. The molecule has 462 valence electrons. The zero-order valence-corrected chi connectivity index (χ0v) is 50.6. The maximum Gasteiger partial charge on any atom is 0.407 e. The van der Waals surface area contributed by atoms with Crippen molar-refractivity contribution in [3.63, 3.8) is 0 Å². The number of aliphatic hydroxyl groups excluding tert-OH is 1. The molecule has 0 unspecified atom stereocenters. The molecule has 22 heteroatoms. The van der Waals surface area contributed by atoms with Gasteiger partial charge < -0.3 is 57.5 Å². The van der Waals surface area contributed by atoms with E-state index in [0.29, 0.717) is 66.0 Å². The highest BCUT2D eigenvalue weighted by atomic mass is 32.2. The summed E-state index contributed by atoms with van der Waals surface area (Å²) < 4.78 is 39.8. The smallest absolute Gasteiger partial charge is 0.407 e. The Labute approximate surface area is 508 Å². The number of hydrogen-bond donors (Lipinski definition) is 8. The molecule has 3 aliphatic rings. The Hall–Kier alpha value is -8.60. The Balaban J connectivity index is 0.855. The van der Waals surface area contributed by atoms with E-state index in [4.69, 9.17) is 25.9 Å². The zero-order chi connectivity index (χ0) is 62.2. The zero-order valence-electron chi connectivity index (χ0n) is 49.8. The van der Waals surface area contributed by atoms with E-state index in [-0.39, 0.29) is 93.7 Å². The number of fused-ring (bicyclic) bond motifs is 4. The number of amides is 7. The molecule has 0 aromatic heterocycles. The van der Waals surface area contributed by atoms with Gasteiger partial charge in [-0.25, -0.2) is 27.8 Å². The maximum atomic E-state index is 14.0. The number of sulfonamides is 1. The minimum atomic E-state index is -3.80. The van der Waals surface area contributed by atoms with Crippen molar-refractivity contribution >= 4 is 69.2 Å². The quantitative estimate of drug-likeness (QED) is 0.0221. The van der Waals surface area contributed by atoms with Crippen LogP contribution >= 0.6 is 0 Å². The van der Waals surface area contributed by atoms with Gasteiger partial charge in [0.1, 0.15) is 31.1 Å². The number of benzene rings is 5. The fourth-order valence-electron chi connectivity index (χ4n) is 11.1. The Morgan fingerprint density at radius 2 is 1.45 bits per heavy atom. The van der Waals surface area contributed by atoms with Gasteiger partial charge >= 0.3 is 18.2 Å². The first kappa shape index (κ1) is 64.4. The minimum absolute atomic E-state index is 0.0484. The van der Waals surface area contributed by atoms with Crippen LogP contribution in [-0.2, 0) is 46.9 Å². The van der Waals surface area contributed by atoms with Crippen LogP contribution in [0.5, 0.6) is 0 Å². The lowest BCUT2D eigenvalue weighted by Gasteiger charge is -2.36. The van der Waals surface area contributed by atoms with E-state index in [2.05, 4.69) is 26.6 Å². The summed E-state index contributed by atoms with van der Waals surface area (Å²) in [5.74, 6) is -1.65. The van der Waals surface area contributed by atoms with Crippen LogP contribution in [0.25, 0.3) is 28.3 Å². The summed E-state index contributed by atoms with van der Waals surface area (Å²) in [5.41, 5.74) is 21.1. The first-order valence-electron chi connectivity index (χ1n) is 29.8.